The van der Waals surface area contributed by atoms with Gasteiger partial charge in [-0.3, -0.25) is 0 Å². The zero-order valence-corrected chi connectivity index (χ0v) is 11.3. The Morgan fingerprint density at radius 1 is 1.36 bits per heavy atom. The number of nitrogens with one attached hydrogen (secondary N) is 1. The van der Waals surface area contributed by atoms with Gasteiger partial charge in [-0.2, -0.15) is 13.3 Å². The van der Waals surface area contributed by atoms with Crippen molar-refractivity contribution >= 4 is 0 Å². The fraction of sp³-hybridized carbons (Fsp3) is 0.909. The summed E-state index contributed by atoms with van der Waals surface area (Å²) in [6.07, 6.45) is 4.13. The van der Waals surface area contributed by atoms with Gasteiger partial charge in [0.1, 0.15) is 0 Å². The molecule has 3 heteroatoms. The molecular weight excluding hydrogens is 422 g/mol. The quantitative estimate of drug-likeness (QED) is 0.568. The Morgan fingerprint density at radius 2 is 2.14 bits per heavy atom. The summed E-state index contributed by atoms with van der Waals surface area (Å²) in [5.41, 5.74) is 0.627. The predicted octanol–water partition coefficient (Wildman–Crippen LogP) is 1.29. The van der Waals surface area contributed by atoms with Crippen molar-refractivity contribution in [2.75, 3.05) is 33.2 Å². The van der Waals surface area contributed by atoms with E-state index in [1.807, 2.05) is 0 Å². The maximum absolute atomic E-state index is 3.51. The number of likely N-dealkylation sites (tertiary alicyclic amines) is 1. The third-order valence-electron chi connectivity index (χ3n) is 3.56. The number of rotatable bonds is 0. The van der Waals surface area contributed by atoms with Crippen LogP contribution in [0.15, 0.2) is 0 Å². The molecule has 2 rings (SSSR count). The van der Waals surface area contributed by atoms with Crippen LogP contribution in [-0.4, -0.2) is 38.1 Å². The first kappa shape index (κ1) is 11.0. The Hall–Kier alpha value is -1.08. The summed E-state index contributed by atoms with van der Waals surface area (Å²) >= 11 is 0. The van der Waals surface area contributed by atoms with E-state index in [2.05, 4.69) is 24.2 Å². The predicted molar refractivity (Wildman–Crippen MR) is 55.6 cm³/mol. The van der Waals surface area contributed by atoms with Crippen LogP contribution in [0.5, 0.6) is 0 Å². The molecule has 1 atom stereocenters. The summed E-state index contributed by atoms with van der Waals surface area (Å²) in [5.74, 6) is 1.65. The molecule has 2 aliphatic heterocycles. The monoisotopic (exact) mass is 443 g/mol. The maximum Gasteiger partial charge on any atom is 0.00115 e. The third kappa shape index (κ3) is 2.05. The summed E-state index contributed by atoms with van der Waals surface area (Å²) in [4.78, 5) is 2.48. The summed E-state index contributed by atoms with van der Waals surface area (Å²) in [5, 5.41) is 3.51. The van der Waals surface area contributed by atoms with Crippen molar-refractivity contribution in [2.24, 2.45) is 5.41 Å². The third-order valence-corrected chi connectivity index (χ3v) is 3.56. The van der Waals surface area contributed by atoms with E-state index in [9.17, 15) is 0 Å². The first-order valence-electron chi connectivity index (χ1n) is 5.41. The second-order valence-electron chi connectivity index (χ2n) is 5.05. The average molecular weight is 443 g/mol. The molecule has 91 valence electrons. The van der Waals surface area contributed by atoms with Gasteiger partial charge < -0.3 is 16.1 Å². The topological polar surface area (TPSA) is 15.3 Å². The molecule has 2 fully saturated rings. The van der Waals surface area contributed by atoms with E-state index in [-0.39, 0.29) is 0 Å². The molecule has 0 amide bonds. The van der Waals surface area contributed by atoms with Crippen LogP contribution in [0.2, 0.25) is 0 Å². The Morgan fingerprint density at radius 3 is 2.79 bits per heavy atom. The zero-order valence-electron chi connectivity index (χ0n) is 9.16. The Bertz CT molecular complexity index is 186. The SMILES string of the molecule is C[C-]1CNCCC2(CCN(C)C2)C1.[Lr]. The molecule has 0 aromatic heterocycles. The normalized spacial score (nSPS) is 35.6. The first-order valence-corrected chi connectivity index (χ1v) is 5.41. The van der Waals surface area contributed by atoms with Crippen molar-refractivity contribution in [3.8, 4) is 0 Å². The average Bonchev–Trinajstić information content (AvgIpc) is 2.30. The van der Waals surface area contributed by atoms with E-state index in [0.29, 0.717) is 5.41 Å². The summed E-state index contributed by atoms with van der Waals surface area (Å²) in [6.45, 7) is 7.27. The number of hydrogen-bond acceptors (Lipinski definition) is 2. The van der Waals surface area contributed by atoms with Gasteiger partial charge >= 0.3 is 0 Å². The summed E-state index contributed by atoms with van der Waals surface area (Å²) < 4.78 is 0. The van der Waals surface area contributed by atoms with Crippen LogP contribution >= 0.6 is 0 Å². The van der Waals surface area contributed by atoms with Crippen molar-refractivity contribution in [3.05, 3.63) is 5.92 Å². The minimum absolute atomic E-state index is 0. The smallest absolute Gasteiger partial charge is 0.00115 e. The van der Waals surface area contributed by atoms with Crippen molar-refractivity contribution in [3.63, 3.8) is 0 Å². The fourth-order valence-corrected chi connectivity index (χ4v) is 2.95. The van der Waals surface area contributed by atoms with E-state index in [4.69, 9.17) is 0 Å². The van der Waals surface area contributed by atoms with E-state index in [0.717, 1.165) is 6.54 Å². The molecule has 0 aliphatic carbocycles. The van der Waals surface area contributed by atoms with Crippen LogP contribution in [0.3, 0.4) is 0 Å². The Balaban J connectivity index is 0.000000980. The van der Waals surface area contributed by atoms with E-state index in [1.165, 1.54) is 38.9 Å². The van der Waals surface area contributed by atoms with Crippen LogP contribution in [0.25, 0.3) is 0 Å². The van der Waals surface area contributed by atoms with E-state index >= 15 is 0 Å². The molecule has 1 unspecified atom stereocenters. The fourth-order valence-electron chi connectivity index (χ4n) is 2.95. The van der Waals surface area contributed by atoms with Gasteiger partial charge in [0.25, 0.3) is 0 Å². The summed E-state index contributed by atoms with van der Waals surface area (Å²) in [6, 6.07) is 0. The van der Waals surface area contributed by atoms with Gasteiger partial charge in [0, 0.05) is 6.54 Å². The van der Waals surface area contributed by atoms with Gasteiger partial charge in [0.15, 0.2) is 0 Å². The van der Waals surface area contributed by atoms with Gasteiger partial charge in [-0.15, -0.1) is 6.54 Å². The molecule has 2 heterocycles. The molecule has 0 aromatic carbocycles. The second-order valence-corrected chi connectivity index (χ2v) is 5.05. The molecule has 0 aromatic rings. The van der Waals surface area contributed by atoms with Gasteiger partial charge in [0.05, 0.1) is 0 Å². The van der Waals surface area contributed by atoms with Crippen LogP contribution in [0.1, 0.15) is 26.2 Å². The number of nitrogens with zero attached hydrogens (tertiary/aromatic N) is 1. The molecular formula is C11H21LrN2-. The molecule has 14 heavy (non-hydrogen) atoms. The Kier molecular flexibility index (Phi) is 3.12. The van der Waals surface area contributed by atoms with Crippen LogP contribution in [0.4, 0.5) is 0 Å². The molecule has 1 spiro atoms. The minimum Gasteiger partial charge on any atom is -0.346 e. The van der Waals surface area contributed by atoms with Crippen molar-refractivity contribution in [2.45, 2.75) is 26.2 Å². The van der Waals surface area contributed by atoms with Crippen molar-refractivity contribution in [1.82, 2.24) is 10.2 Å². The van der Waals surface area contributed by atoms with Crippen molar-refractivity contribution in [1.29, 1.82) is 0 Å². The van der Waals surface area contributed by atoms with Gasteiger partial charge in [-0.1, -0.05) is 0 Å². The van der Waals surface area contributed by atoms with Crippen LogP contribution < -0.4 is 5.32 Å². The molecule has 2 saturated heterocycles. The maximum atomic E-state index is 3.51. The van der Waals surface area contributed by atoms with Crippen LogP contribution in [-0.2, 0) is 0 Å². The standard InChI is InChI=1S/C11H21N2.Lr/c1-10-7-11(3-5-12-8-10)4-6-13(2)9-11;/h12H,3-9H2,1-2H3;/q-1;. The number of hydrogen-bond donors (Lipinski definition) is 1. The van der Waals surface area contributed by atoms with E-state index in [1.54, 1.807) is 5.92 Å². The van der Waals surface area contributed by atoms with Gasteiger partial charge in [0.2, 0.25) is 0 Å². The minimum atomic E-state index is 0. The van der Waals surface area contributed by atoms with Gasteiger partial charge in [-0.05, 0) is 38.4 Å². The van der Waals surface area contributed by atoms with Crippen LogP contribution in [0, 0.1) is 11.3 Å². The zero-order chi connectivity index (χ0) is 9.31. The first-order chi connectivity index (χ1) is 6.20. The van der Waals surface area contributed by atoms with E-state index < -0.39 is 0 Å². The molecule has 1 N–H and O–H groups in total. The van der Waals surface area contributed by atoms with Gasteiger partial charge in [-0.25, -0.2) is 0 Å². The van der Waals surface area contributed by atoms with Crippen molar-refractivity contribution < 1.29 is 0 Å². The molecule has 2 nitrogen and oxygen atoms in total. The molecule has 0 bridgehead atoms. The summed E-state index contributed by atoms with van der Waals surface area (Å²) in [7, 11) is 2.25. The molecule has 0 saturated carbocycles. The molecule has 2 aliphatic rings. The second kappa shape index (κ2) is 3.97. The Labute approximate surface area is 81.7 Å². The molecule has 1 radical (unpaired) electrons. The largest absolute Gasteiger partial charge is 0.346 e.